The van der Waals surface area contributed by atoms with Crippen LogP contribution < -0.4 is 5.73 Å². The number of pyridine rings is 1. The number of fused-ring (bicyclic) bond motifs is 1. The molecule has 0 spiro atoms. The van der Waals surface area contributed by atoms with Crippen LogP contribution in [0.1, 0.15) is 12.0 Å². The zero-order valence-corrected chi connectivity index (χ0v) is 10.7. The Labute approximate surface area is 110 Å². The highest BCUT2D eigenvalue weighted by Crippen LogP contribution is 2.40. The van der Waals surface area contributed by atoms with E-state index in [4.69, 9.17) is 5.73 Å². The van der Waals surface area contributed by atoms with Crippen molar-refractivity contribution in [1.29, 1.82) is 0 Å². The minimum absolute atomic E-state index is 0.175. The van der Waals surface area contributed by atoms with Gasteiger partial charge in [-0.15, -0.1) is 11.8 Å². The number of thioether (sulfide) groups is 1. The van der Waals surface area contributed by atoms with Gasteiger partial charge in [-0.1, -0.05) is 6.07 Å². The average molecular weight is 260 g/mol. The number of quaternary nitrogens is 1. The maximum atomic E-state index is 11.8. The van der Waals surface area contributed by atoms with Crippen molar-refractivity contribution in [1.82, 2.24) is 4.98 Å². The highest BCUT2D eigenvalue weighted by Gasteiger charge is 2.44. The second-order valence-corrected chi connectivity index (χ2v) is 5.53. The lowest BCUT2D eigenvalue weighted by Crippen LogP contribution is -2.50. The van der Waals surface area contributed by atoms with Gasteiger partial charge in [-0.05, 0) is 6.07 Å². The van der Waals surface area contributed by atoms with Gasteiger partial charge >= 0.3 is 6.03 Å². The molecule has 18 heavy (non-hydrogen) atoms. The van der Waals surface area contributed by atoms with Crippen LogP contribution in [0.15, 0.2) is 42.5 Å². The summed E-state index contributed by atoms with van der Waals surface area (Å²) in [6.07, 6.45) is 8.51. The number of carbonyl (C=O) groups excluding carboxylic acids is 1. The van der Waals surface area contributed by atoms with E-state index in [2.05, 4.69) is 11.1 Å². The van der Waals surface area contributed by atoms with Crippen LogP contribution in [0, 0.1) is 0 Å². The quantitative estimate of drug-likeness (QED) is 0.788. The van der Waals surface area contributed by atoms with Gasteiger partial charge in [-0.25, -0.2) is 4.79 Å². The number of hydrogen-bond acceptors (Lipinski definition) is 3. The number of allylic oxidation sites excluding steroid dienone is 3. The van der Waals surface area contributed by atoms with Gasteiger partial charge in [0.1, 0.15) is 17.8 Å². The van der Waals surface area contributed by atoms with E-state index in [1.807, 2.05) is 24.5 Å². The Bertz CT molecular complexity index is 553. The van der Waals surface area contributed by atoms with Gasteiger partial charge in [-0.3, -0.25) is 4.98 Å². The third kappa shape index (κ3) is 1.67. The van der Waals surface area contributed by atoms with E-state index in [1.54, 1.807) is 18.0 Å². The third-order valence-electron chi connectivity index (χ3n) is 3.38. The summed E-state index contributed by atoms with van der Waals surface area (Å²) in [5.41, 5.74) is 8.77. The SMILES string of the molecule is NC(=O)[N+]12C=C(c3cccnc3)C=C1CCSC2. The third-order valence-corrected chi connectivity index (χ3v) is 4.46. The maximum Gasteiger partial charge on any atom is 0.424 e. The number of urea groups is 1. The second kappa shape index (κ2) is 4.26. The molecule has 0 saturated carbocycles. The molecule has 0 aromatic carbocycles. The van der Waals surface area contributed by atoms with Gasteiger partial charge in [0.25, 0.3) is 0 Å². The van der Waals surface area contributed by atoms with Crippen LogP contribution in [0.2, 0.25) is 0 Å². The summed E-state index contributed by atoms with van der Waals surface area (Å²) >= 11 is 1.77. The van der Waals surface area contributed by atoms with Gasteiger partial charge < -0.3 is 5.73 Å². The summed E-state index contributed by atoms with van der Waals surface area (Å²) in [5, 5.41) is 0. The Morgan fingerprint density at radius 3 is 3.06 bits per heavy atom. The topological polar surface area (TPSA) is 56.0 Å². The molecular weight excluding hydrogens is 246 g/mol. The lowest BCUT2D eigenvalue weighted by Gasteiger charge is -2.32. The molecule has 1 saturated heterocycles. The average Bonchev–Trinajstić information content (AvgIpc) is 2.80. The van der Waals surface area contributed by atoms with Crippen LogP contribution in [0.5, 0.6) is 0 Å². The molecule has 3 rings (SSSR count). The van der Waals surface area contributed by atoms with Crippen LogP contribution in [0.4, 0.5) is 4.79 Å². The zero-order chi connectivity index (χ0) is 12.6. The highest BCUT2D eigenvalue weighted by atomic mass is 32.2. The number of hydrogen-bond donors (Lipinski definition) is 1. The Balaban J connectivity index is 2.07. The normalized spacial score (nSPS) is 26.2. The first-order valence-corrected chi connectivity index (χ1v) is 6.98. The van der Waals surface area contributed by atoms with Gasteiger partial charge in [-0.2, -0.15) is 4.48 Å². The minimum atomic E-state index is -0.299. The van der Waals surface area contributed by atoms with E-state index in [-0.39, 0.29) is 10.5 Å². The molecular formula is C13H14N3OS+. The summed E-state index contributed by atoms with van der Waals surface area (Å²) in [6, 6.07) is 3.60. The standard InChI is InChI=1S/C13H13N3OS/c14-13(17)16-8-11(10-2-1-4-15-7-10)6-12(16)3-5-18-9-16/h1-2,4,6-8H,3,5,9H2,(H-,14,17)/p+1. The molecule has 5 heteroatoms. The summed E-state index contributed by atoms with van der Waals surface area (Å²) < 4.78 is 0.175. The van der Waals surface area contributed by atoms with Gasteiger partial charge in [0, 0.05) is 41.8 Å². The van der Waals surface area contributed by atoms with Crippen molar-refractivity contribution in [3.05, 3.63) is 48.1 Å². The van der Waals surface area contributed by atoms with E-state index in [0.717, 1.165) is 29.0 Å². The summed E-state index contributed by atoms with van der Waals surface area (Å²) in [5.74, 6) is 1.75. The summed E-state index contributed by atoms with van der Waals surface area (Å²) in [6.45, 7) is 0. The Morgan fingerprint density at radius 2 is 2.39 bits per heavy atom. The molecule has 3 heterocycles. The van der Waals surface area contributed by atoms with Crippen molar-refractivity contribution >= 4 is 23.4 Å². The van der Waals surface area contributed by atoms with Crippen LogP contribution in [-0.4, -0.2) is 27.1 Å². The molecule has 1 aromatic rings. The van der Waals surface area contributed by atoms with Gasteiger partial charge in [0.15, 0.2) is 0 Å². The maximum absolute atomic E-state index is 11.8. The van der Waals surface area contributed by atoms with Crippen molar-refractivity contribution in [3.63, 3.8) is 0 Å². The number of amides is 2. The lowest BCUT2D eigenvalue weighted by atomic mass is 10.1. The van der Waals surface area contributed by atoms with E-state index in [1.165, 1.54) is 0 Å². The molecule has 1 unspecified atom stereocenters. The largest absolute Gasteiger partial charge is 0.424 e. The number of nitrogens with zero attached hydrogens (tertiary/aromatic N) is 2. The number of primary amides is 1. The molecule has 0 bridgehead atoms. The first kappa shape index (κ1) is 11.5. The van der Waals surface area contributed by atoms with Crippen LogP contribution in [0.3, 0.4) is 0 Å². The Kier molecular flexibility index (Phi) is 2.72. The number of nitrogens with two attached hydrogens (primary N) is 1. The van der Waals surface area contributed by atoms with Crippen molar-refractivity contribution in [2.75, 3.05) is 11.6 Å². The van der Waals surface area contributed by atoms with E-state index in [9.17, 15) is 4.79 Å². The van der Waals surface area contributed by atoms with Gasteiger partial charge in [0.2, 0.25) is 0 Å². The van der Waals surface area contributed by atoms with Gasteiger partial charge in [0.05, 0.1) is 0 Å². The molecule has 4 nitrogen and oxygen atoms in total. The predicted molar refractivity (Wildman–Crippen MR) is 72.1 cm³/mol. The van der Waals surface area contributed by atoms with E-state index < -0.39 is 0 Å². The summed E-state index contributed by atoms with van der Waals surface area (Å²) in [4.78, 5) is 15.9. The molecule has 2 aliphatic heterocycles. The molecule has 1 aromatic heterocycles. The smallest absolute Gasteiger partial charge is 0.318 e. The highest BCUT2D eigenvalue weighted by molar-refractivity contribution is 7.99. The van der Waals surface area contributed by atoms with Crippen molar-refractivity contribution in [2.24, 2.45) is 5.73 Å². The molecule has 0 aliphatic carbocycles. The predicted octanol–water partition coefficient (Wildman–Crippen LogP) is 2.31. The lowest BCUT2D eigenvalue weighted by molar-refractivity contribution is -0.740. The van der Waals surface area contributed by atoms with Crippen molar-refractivity contribution in [3.8, 4) is 0 Å². The van der Waals surface area contributed by atoms with Crippen LogP contribution >= 0.6 is 11.8 Å². The fraction of sp³-hybridized carbons (Fsp3) is 0.231. The first-order valence-electron chi connectivity index (χ1n) is 5.82. The van der Waals surface area contributed by atoms with E-state index >= 15 is 0 Å². The molecule has 0 radical (unpaired) electrons. The minimum Gasteiger partial charge on any atom is -0.318 e. The molecule has 92 valence electrons. The fourth-order valence-electron chi connectivity index (χ4n) is 2.39. The Morgan fingerprint density at radius 1 is 1.50 bits per heavy atom. The molecule has 2 amide bonds. The second-order valence-electron chi connectivity index (χ2n) is 4.46. The number of aromatic nitrogens is 1. The zero-order valence-electron chi connectivity index (χ0n) is 9.87. The van der Waals surface area contributed by atoms with Crippen LogP contribution in [0.25, 0.3) is 5.57 Å². The molecule has 1 fully saturated rings. The Hall–Kier alpha value is -1.59. The van der Waals surface area contributed by atoms with Crippen LogP contribution in [-0.2, 0) is 0 Å². The number of rotatable bonds is 1. The fourth-order valence-corrected chi connectivity index (χ4v) is 3.53. The molecule has 2 N–H and O–H groups in total. The van der Waals surface area contributed by atoms with Crippen molar-refractivity contribution < 1.29 is 9.28 Å². The summed E-state index contributed by atoms with van der Waals surface area (Å²) in [7, 11) is 0. The molecule has 2 aliphatic rings. The number of carbonyl (C=O) groups is 1. The van der Waals surface area contributed by atoms with Crippen molar-refractivity contribution in [2.45, 2.75) is 6.42 Å². The monoisotopic (exact) mass is 260 g/mol. The van der Waals surface area contributed by atoms with E-state index in [0.29, 0.717) is 5.88 Å². The molecule has 1 atom stereocenters. The first-order chi connectivity index (χ1) is 8.72.